The van der Waals surface area contributed by atoms with Crippen molar-refractivity contribution in [2.75, 3.05) is 5.32 Å². The van der Waals surface area contributed by atoms with E-state index in [1.165, 1.54) is 30.0 Å². The van der Waals surface area contributed by atoms with Crippen LogP contribution >= 0.6 is 23.1 Å². The standard InChI is InChI=1S/C24H21F2N3O3S2/c1-13(23(27)31)29(20(30)11-14-9-15(25)12-16(26)10-14)21-22(19-7-4-8-33-19)34-18-6-3-2-5-17(18)28-24(21)32/h2-10,12-13,21-22H,11H2,1H3,(H2,27,31)(H,28,32)/t13-,21-,22+/m0/s1. The number of nitrogens with one attached hydrogen (secondary N) is 1. The van der Waals surface area contributed by atoms with E-state index in [0.29, 0.717) is 11.8 Å². The van der Waals surface area contributed by atoms with Crippen molar-refractivity contribution >= 4 is 46.5 Å². The van der Waals surface area contributed by atoms with Crippen LogP contribution in [0.2, 0.25) is 0 Å². The molecule has 2 aromatic carbocycles. The van der Waals surface area contributed by atoms with Crippen LogP contribution in [0, 0.1) is 11.6 Å². The quantitative estimate of drug-likeness (QED) is 0.531. The SMILES string of the molecule is C[C@@H](C(N)=O)N(C(=O)Cc1cc(F)cc(F)c1)[C@@H]1C(=O)Nc2ccccc2S[C@@H]1c1cccs1. The Morgan fingerprint density at radius 3 is 2.47 bits per heavy atom. The summed E-state index contributed by atoms with van der Waals surface area (Å²) in [6.07, 6.45) is -0.412. The van der Waals surface area contributed by atoms with E-state index in [4.69, 9.17) is 5.73 Å². The fourth-order valence-corrected chi connectivity index (χ4v) is 6.19. The van der Waals surface area contributed by atoms with Crippen LogP contribution < -0.4 is 11.1 Å². The lowest BCUT2D eigenvalue weighted by atomic mass is 10.0. The Morgan fingerprint density at radius 1 is 1.12 bits per heavy atom. The predicted molar refractivity (Wildman–Crippen MR) is 127 cm³/mol. The van der Waals surface area contributed by atoms with Gasteiger partial charge in [0.2, 0.25) is 17.7 Å². The molecule has 4 rings (SSSR count). The molecule has 0 fully saturated rings. The second kappa shape index (κ2) is 9.94. The fourth-order valence-electron chi connectivity index (χ4n) is 3.89. The van der Waals surface area contributed by atoms with E-state index >= 15 is 0 Å². The molecule has 34 heavy (non-hydrogen) atoms. The highest BCUT2D eigenvalue weighted by Crippen LogP contribution is 2.47. The lowest BCUT2D eigenvalue weighted by Gasteiger charge is -2.37. The zero-order valence-corrected chi connectivity index (χ0v) is 19.7. The van der Waals surface area contributed by atoms with Crippen LogP contribution in [0.3, 0.4) is 0 Å². The van der Waals surface area contributed by atoms with Crippen LogP contribution in [0.15, 0.2) is 64.9 Å². The zero-order valence-electron chi connectivity index (χ0n) is 18.0. The number of carbonyl (C=O) groups is 3. The minimum Gasteiger partial charge on any atom is -0.368 e. The van der Waals surface area contributed by atoms with Crippen LogP contribution in [-0.2, 0) is 20.8 Å². The molecule has 0 unspecified atom stereocenters. The number of fused-ring (bicyclic) bond motifs is 1. The number of amides is 3. The number of benzene rings is 2. The summed E-state index contributed by atoms with van der Waals surface area (Å²) in [6, 6.07) is 11.5. The van der Waals surface area contributed by atoms with Crippen molar-refractivity contribution in [1.29, 1.82) is 0 Å². The summed E-state index contributed by atoms with van der Waals surface area (Å²) in [5.74, 6) is -3.59. The molecule has 0 saturated heterocycles. The summed E-state index contributed by atoms with van der Waals surface area (Å²) in [5, 5.41) is 4.17. The van der Waals surface area contributed by atoms with Gasteiger partial charge in [-0.1, -0.05) is 18.2 Å². The lowest BCUT2D eigenvalue weighted by Crippen LogP contribution is -2.57. The number of thiophene rings is 1. The van der Waals surface area contributed by atoms with Gasteiger partial charge in [0.05, 0.1) is 17.4 Å². The Labute approximate surface area is 203 Å². The van der Waals surface area contributed by atoms with Crippen LogP contribution in [-0.4, -0.2) is 34.7 Å². The summed E-state index contributed by atoms with van der Waals surface area (Å²) in [5.41, 5.74) is 6.24. The van der Waals surface area contributed by atoms with E-state index < -0.39 is 53.1 Å². The van der Waals surface area contributed by atoms with Gasteiger partial charge >= 0.3 is 0 Å². The van der Waals surface area contributed by atoms with Crippen molar-refractivity contribution in [1.82, 2.24) is 4.90 Å². The van der Waals surface area contributed by atoms with Gasteiger partial charge in [0.15, 0.2) is 0 Å². The van der Waals surface area contributed by atoms with Crippen LogP contribution in [0.1, 0.15) is 22.6 Å². The van der Waals surface area contributed by atoms with Crippen molar-refractivity contribution in [2.45, 2.75) is 35.6 Å². The van der Waals surface area contributed by atoms with Gasteiger partial charge in [-0.25, -0.2) is 8.78 Å². The van der Waals surface area contributed by atoms with Crippen LogP contribution in [0.4, 0.5) is 14.5 Å². The van der Waals surface area contributed by atoms with Crippen molar-refractivity contribution in [3.63, 3.8) is 0 Å². The third kappa shape index (κ3) is 4.97. The molecule has 0 bridgehead atoms. The first-order valence-corrected chi connectivity index (χ1v) is 12.2. The number of carbonyl (C=O) groups excluding carboxylic acids is 3. The van der Waals surface area contributed by atoms with Crippen molar-refractivity contribution in [3.8, 4) is 0 Å². The highest BCUT2D eigenvalue weighted by molar-refractivity contribution is 8.00. The number of thioether (sulfide) groups is 1. The number of hydrogen-bond acceptors (Lipinski definition) is 5. The summed E-state index contributed by atoms with van der Waals surface area (Å²) >= 11 is 2.82. The lowest BCUT2D eigenvalue weighted by molar-refractivity contribution is -0.144. The summed E-state index contributed by atoms with van der Waals surface area (Å²) in [4.78, 5) is 42.0. The van der Waals surface area contributed by atoms with Crippen LogP contribution in [0.5, 0.6) is 0 Å². The Kier molecular flexibility index (Phi) is 6.99. The molecule has 1 aromatic heterocycles. The maximum Gasteiger partial charge on any atom is 0.248 e. The number of rotatable bonds is 6. The molecule has 3 atom stereocenters. The van der Waals surface area contributed by atoms with Gasteiger partial charge < -0.3 is 16.0 Å². The van der Waals surface area contributed by atoms with Gasteiger partial charge in [-0.05, 0) is 48.2 Å². The minimum atomic E-state index is -1.15. The molecule has 3 N–H and O–H groups in total. The number of nitrogens with zero attached hydrogens (tertiary/aromatic N) is 1. The maximum absolute atomic E-state index is 13.7. The van der Waals surface area contributed by atoms with Gasteiger partial charge in [0.25, 0.3) is 0 Å². The number of hydrogen-bond donors (Lipinski definition) is 2. The molecule has 0 saturated carbocycles. The van der Waals surface area contributed by atoms with Gasteiger partial charge in [0, 0.05) is 15.8 Å². The first kappa shape index (κ1) is 23.9. The fraction of sp³-hybridized carbons (Fsp3) is 0.208. The van der Waals surface area contributed by atoms with Gasteiger partial charge in [-0.3, -0.25) is 14.4 Å². The normalized spacial score (nSPS) is 18.4. The van der Waals surface area contributed by atoms with Crippen molar-refractivity contribution in [3.05, 3.63) is 82.1 Å². The number of primary amides is 1. The van der Waals surface area contributed by atoms with E-state index in [0.717, 1.165) is 26.8 Å². The molecule has 3 amide bonds. The van der Waals surface area contributed by atoms with Gasteiger partial charge in [-0.15, -0.1) is 23.1 Å². The molecule has 1 aliphatic rings. The van der Waals surface area contributed by atoms with E-state index in [9.17, 15) is 23.2 Å². The molecule has 2 heterocycles. The molecule has 0 radical (unpaired) electrons. The molecular formula is C24H21F2N3O3S2. The minimum absolute atomic E-state index is 0.0850. The van der Waals surface area contributed by atoms with E-state index in [-0.39, 0.29) is 5.56 Å². The Hall–Kier alpha value is -3.24. The smallest absolute Gasteiger partial charge is 0.248 e. The molecule has 176 valence electrons. The topological polar surface area (TPSA) is 92.5 Å². The monoisotopic (exact) mass is 501 g/mol. The number of nitrogens with two attached hydrogens (primary N) is 1. The molecular weight excluding hydrogens is 480 g/mol. The molecule has 3 aromatic rings. The predicted octanol–water partition coefficient (Wildman–Crippen LogP) is 4.13. The highest BCUT2D eigenvalue weighted by Gasteiger charge is 2.44. The molecule has 6 nitrogen and oxygen atoms in total. The molecule has 0 aliphatic carbocycles. The maximum atomic E-state index is 13.7. The Bertz CT molecular complexity index is 1220. The van der Waals surface area contributed by atoms with Crippen molar-refractivity contribution in [2.24, 2.45) is 5.73 Å². The first-order chi connectivity index (χ1) is 16.2. The van der Waals surface area contributed by atoms with E-state index in [1.807, 2.05) is 29.6 Å². The molecule has 10 heteroatoms. The summed E-state index contributed by atoms with van der Waals surface area (Å²) in [6.45, 7) is 1.44. The third-order valence-electron chi connectivity index (χ3n) is 5.47. The zero-order chi connectivity index (χ0) is 24.4. The second-order valence-corrected chi connectivity index (χ2v) is 9.98. The van der Waals surface area contributed by atoms with E-state index in [1.54, 1.807) is 12.1 Å². The number of halogens is 2. The first-order valence-electron chi connectivity index (χ1n) is 10.4. The largest absolute Gasteiger partial charge is 0.368 e. The number of para-hydroxylation sites is 1. The van der Waals surface area contributed by atoms with E-state index in [2.05, 4.69) is 5.32 Å². The Morgan fingerprint density at radius 2 is 1.82 bits per heavy atom. The van der Waals surface area contributed by atoms with Crippen LogP contribution in [0.25, 0.3) is 0 Å². The highest BCUT2D eigenvalue weighted by atomic mass is 32.2. The molecule has 1 aliphatic heterocycles. The Balaban J connectivity index is 1.78. The van der Waals surface area contributed by atoms with Gasteiger partial charge in [-0.2, -0.15) is 0 Å². The van der Waals surface area contributed by atoms with Gasteiger partial charge in [0.1, 0.15) is 23.7 Å². The van der Waals surface area contributed by atoms with Crippen molar-refractivity contribution < 1.29 is 23.2 Å². The molecule has 0 spiro atoms. The second-order valence-electron chi connectivity index (χ2n) is 7.82. The summed E-state index contributed by atoms with van der Waals surface area (Å²) < 4.78 is 27.5. The average molecular weight is 502 g/mol. The average Bonchev–Trinajstić information content (AvgIpc) is 3.26. The summed E-state index contributed by atoms with van der Waals surface area (Å²) in [7, 11) is 0. The third-order valence-corrected chi connectivity index (χ3v) is 7.95. The number of anilines is 1.